The number of pyridine rings is 3. The van der Waals surface area contributed by atoms with E-state index in [1.807, 2.05) is 64.6 Å². The number of hydrogen-bond acceptors (Lipinski definition) is 27. The van der Waals surface area contributed by atoms with E-state index in [1.165, 1.54) is 69.5 Å². The fraction of sp³-hybridized carbons (Fsp3) is 0.337. The van der Waals surface area contributed by atoms with Crippen LogP contribution in [0, 0.1) is 28.0 Å². The SMILES string of the molecule is CNc1cccc2c1Cc1nc(Oc3cccc(F)c3)nc(N3CCC4(CNC4)C3)c1-2.CNc1cccc2c1Cc1nc(Oc3cccnc3)nc(N3CC4(CCNC4)C3)c1-2.CNc1cccc2c1Cc1nc(Oc3cccnc3)nc(N3CC4CC4(N)C3)c1-2.CNc1cccc2c1Cc1nc(Oc3cccnc3)nc(N3CCC4(CNC4)C3)c1-2. The van der Waals surface area contributed by atoms with Crippen molar-refractivity contribution in [2.75, 3.05) is 161 Å². The van der Waals surface area contributed by atoms with Crippen molar-refractivity contribution in [3.8, 4) is 91.5 Å². The highest BCUT2D eigenvalue weighted by molar-refractivity contribution is 5.92. The molecule has 9 N–H and O–H groups in total. The average molecular weight is 1600 g/mol. The lowest BCUT2D eigenvalue weighted by Gasteiger charge is -2.49. The highest BCUT2D eigenvalue weighted by atomic mass is 19.1. The lowest BCUT2D eigenvalue weighted by Crippen LogP contribution is -2.58. The van der Waals surface area contributed by atoms with Gasteiger partial charge in [0, 0.05) is 230 Å². The Hall–Kier alpha value is -12.8. The number of hydrogen-bond donors (Lipinski definition) is 8. The molecule has 5 aromatic carbocycles. The van der Waals surface area contributed by atoms with Gasteiger partial charge in [0.1, 0.15) is 52.1 Å². The number of ether oxygens (including phenoxy) is 4. The van der Waals surface area contributed by atoms with E-state index in [-0.39, 0.29) is 17.4 Å². The van der Waals surface area contributed by atoms with E-state index in [0.717, 1.165) is 221 Å². The molecule has 0 radical (unpaired) electrons. The average Bonchev–Trinajstić information content (AvgIpc) is 1.57. The summed E-state index contributed by atoms with van der Waals surface area (Å²) in [6, 6.07) is 44.1. The van der Waals surface area contributed by atoms with E-state index in [4.69, 9.17) is 64.6 Å². The minimum atomic E-state index is -0.344. The number of halogens is 1. The smallest absolute Gasteiger partial charge is 0.324 e. The van der Waals surface area contributed by atoms with Gasteiger partial charge in [-0.1, -0.05) is 54.6 Å². The molecular formula is C92H94FN23O4. The number of nitrogens with zero attached hydrogens (tertiary/aromatic N) is 15. The maximum absolute atomic E-state index is 13.7. The molecule has 2 atom stereocenters. The molecule has 8 fully saturated rings. The second-order valence-electron chi connectivity index (χ2n) is 33.9. The van der Waals surface area contributed by atoms with Crippen molar-refractivity contribution in [2.45, 2.75) is 56.9 Å². The zero-order chi connectivity index (χ0) is 80.9. The van der Waals surface area contributed by atoms with Crippen LogP contribution in [-0.4, -0.2) is 180 Å². The van der Waals surface area contributed by atoms with Crippen molar-refractivity contribution in [3.05, 3.63) is 221 Å². The molecule has 28 heteroatoms. The van der Waals surface area contributed by atoms with E-state index in [2.05, 4.69) is 145 Å². The Bertz CT molecular complexity index is 5950. The summed E-state index contributed by atoms with van der Waals surface area (Å²) in [5.41, 5.74) is 30.5. The van der Waals surface area contributed by atoms with Crippen LogP contribution in [0.2, 0.25) is 0 Å². The normalized spacial score (nSPS) is 19.3. The lowest BCUT2D eigenvalue weighted by atomic mass is 9.79. The number of nitrogens with one attached hydrogen (secondary N) is 7. The van der Waals surface area contributed by atoms with E-state index >= 15 is 0 Å². The number of fused-ring (bicyclic) bond motifs is 13. The van der Waals surface area contributed by atoms with Gasteiger partial charge in [-0.2, -0.15) is 39.9 Å². The first-order chi connectivity index (χ1) is 58.8. The largest absolute Gasteiger partial charge is 0.424 e. The molecule has 0 amide bonds. The molecule has 7 aliphatic heterocycles. The Balaban J connectivity index is 0.0000000990. The minimum Gasteiger partial charge on any atom is -0.424 e. The van der Waals surface area contributed by atoms with Crippen molar-refractivity contribution in [2.24, 2.45) is 27.9 Å². The quantitative estimate of drug-likeness (QED) is 0.0446. The van der Waals surface area contributed by atoms with Gasteiger partial charge in [0.15, 0.2) is 0 Å². The Morgan fingerprint density at radius 2 is 0.750 bits per heavy atom. The van der Waals surface area contributed by atoms with E-state index in [0.29, 0.717) is 63.2 Å². The van der Waals surface area contributed by atoms with Gasteiger partial charge in [-0.15, -0.1) is 0 Å². The molecule has 14 heterocycles. The number of anilines is 8. The maximum atomic E-state index is 13.7. The summed E-state index contributed by atoms with van der Waals surface area (Å²) in [5.74, 6) is 6.38. The summed E-state index contributed by atoms with van der Waals surface area (Å²) in [7, 11) is 7.83. The molecule has 2 unspecified atom stereocenters. The van der Waals surface area contributed by atoms with E-state index < -0.39 is 0 Å². The third kappa shape index (κ3) is 13.8. The molecule has 24 rings (SSSR count). The molecule has 608 valence electrons. The highest BCUT2D eigenvalue weighted by Crippen LogP contribution is 2.55. The fourth-order valence-electron chi connectivity index (χ4n) is 19.9. The summed E-state index contributed by atoms with van der Waals surface area (Å²) in [6.07, 6.45) is 17.9. The van der Waals surface area contributed by atoms with Gasteiger partial charge >= 0.3 is 24.0 Å². The van der Waals surface area contributed by atoms with Gasteiger partial charge in [0.25, 0.3) is 0 Å². The highest BCUT2D eigenvalue weighted by Gasteiger charge is 2.58. The maximum Gasteiger partial charge on any atom is 0.324 e. The third-order valence-electron chi connectivity index (χ3n) is 26.2. The minimum absolute atomic E-state index is 0.0591. The van der Waals surface area contributed by atoms with Gasteiger partial charge in [-0.25, -0.2) is 4.39 Å². The number of benzene rings is 5. The molecule has 1 saturated carbocycles. The monoisotopic (exact) mass is 1600 g/mol. The summed E-state index contributed by atoms with van der Waals surface area (Å²) in [5, 5.41) is 23.6. The lowest BCUT2D eigenvalue weighted by molar-refractivity contribution is 0.199. The number of rotatable bonds is 16. The molecule has 12 aliphatic rings. The second kappa shape index (κ2) is 30.2. The predicted molar refractivity (Wildman–Crippen MR) is 462 cm³/mol. The van der Waals surface area contributed by atoms with Crippen LogP contribution in [0.4, 0.5) is 50.4 Å². The number of nitrogens with two attached hydrogens (primary N) is 1. The Kier molecular flexibility index (Phi) is 18.8. The molecule has 12 aromatic rings. The summed E-state index contributed by atoms with van der Waals surface area (Å²) >= 11 is 0. The third-order valence-corrected chi connectivity index (χ3v) is 26.2. The van der Waals surface area contributed by atoms with Crippen LogP contribution in [0.25, 0.3) is 44.5 Å². The van der Waals surface area contributed by atoms with E-state index in [1.54, 1.807) is 49.3 Å². The van der Waals surface area contributed by atoms with Crippen LogP contribution < -0.4 is 81.5 Å². The predicted octanol–water partition coefficient (Wildman–Crippen LogP) is 12.8. The first-order valence-corrected chi connectivity index (χ1v) is 41.7. The second-order valence-corrected chi connectivity index (χ2v) is 33.9. The van der Waals surface area contributed by atoms with Gasteiger partial charge in [0.2, 0.25) is 0 Å². The topological polar surface area (TPSA) is 302 Å². The first kappa shape index (κ1) is 74.8. The molecular weight excluding hydrogens is 1510 g/mol. The van der Waals surface area contributed by atoms with Crippen molar-refractivity contribution in [1.29, 1.82) is 0 Å². The number of piperidine rings is 1. The summed E-state index contributed by atoms with van der Waals surface area (Å²) in [4.78, 5) is 60.6. The van der Waals surface area contributed by atoms with Crippen LogP contribution in [-0.2, 0) is 25.7 Å². The van der Waals surface area contributed by atoms with Gasteiger partial charge in [-0.3, -0.25) is 15.0 Å². The van der Waals surface area contributed by atoms with Gasteiger partial charge < -0.3 is 81.5 Å². The van der Waals surface area contributed by atoms with Crippen LogP contribution >= 0.6 is 0 Å². The van der Waals surface area contributed by atoms with Crippen LogP contribution in [0.1, 0.15) is 70.7 Å². The van der Waals surface area contributed by atoms with Crippen LogP contribution in [0.3, 0.4) is 0 Å². The molecule has 120 heavy (non-hydrogen) atoms. The van der Waals surface area contributed by atoms with Crippen molar-refractivity contribution >= 4 is 46.0 Å². The molecule has 7 saturated heterocycles. The number of aromatic nitrogens is 11. The Morgan fingerprint density at radius 3 is 1.07 bits per heavy atom. The van der Waals surface area contributed by atoms with Gasteiger partial charge in [0.05, 0.1) is 41.4 Å². The summed E-state index contributed by atoms with van der Waals surface area (Å²) < 4.78 is 37.6. The Labute approximate surface area is 695 Å². The Morgan fingerprint density at radius 1 is 0.392 bits per heavy atom. The van der Waals surface area contributed by atoms with Crippen LogP contribution in [0.5, 0.6) is 47.0 Å². The molecule has 5 aliphatic carbocycles. The van der Waals surface area contributed by atoms with Crippen molar-refractivity contribution in [1.82, 2.24) is 70.8 Å². The van der Waals surface area contributed by atoms with E-state index in [9.17, 15) is 4.39 Å². The zero-order valence-corrected chi connectivity index (χ0v) is 67.6. The molecule has 0 bridgehead atoms. The van der Waals surface area contributed by atoms with Gasteiger partial charge in [-0.05, 0) is 155 Å². The standard InChI is InChI=1S/C24H24FN5O.2C23H24N6O.C22H22N6O/c1-26-19-7-3-6-17-18(19)11-20-21(17)22(30-9-8-24(14-30)12-27-13-24)29-23(28-20)31-16-5-2-4-15(25)10-16;1-24-18-6-2-5-16-17(18)10-19-20(16)21(29-9-7-23(14-29)12-26-13-23)28-22(27-19)30-15-4-3-8-25-11-15;1-24-18-6-2-5-16-17(18)10-19-20(16)21(29-13-23(14-29)7-9-26-12-23)28-22(27-19)30-15-4-3-8-25-11-15;1-24-17-6-2-5-15-16(17)8-18-19(15)20(28-11-13-9-22(13,23)12-28)27-21(26-18)29-14-4-3-7-25-10-14/h2-7,10,26-27H,8-9,11-14H2,1H3;2*2-6,8,11,24,26H,7,9-10,12-14H2,1H3;2-7,10,13,24H,8-9,11-12,23H2,1H3. The summed E-state index contributed by atoms with van der Waals surface area (Å²) in [6.45, 7) is 14.3. The van der Waals surface area contributed by atoms with Crippen molar-refractivity contribution < 1.29 is 23.3 Å². The fourth-order valence-corrected chi connectivity index (χ4v) is 19.9. The molecule has 27 nitrogen and oxygen atoms in total. The first-order valence-electron chi connectivity index (χ1n) is 41.7. The molecule has 3 spiro atoms. The van der Waals surface area contributed by atoms with Crippen LogP contribution in [0.15, 0.2) is 171 Å². The van der Waals surface area contributed by atoms with Crippen molar-refractivity contribution in [3.63, 3.8) is 0 Å². The molecule has 7 aromatic heterocycles. The zero-order valence-electron chi connectivity index (χ0n) is 67.6.